The Labute approximate surface area is 152 Å². The van der Waals surface area contributed by atoms with Gasteiger partial charge in [-0.3, -0.25) is 10.1 Å². The molecule has 0 saturated heterocycles. The summed E-state index contributed by atoms with van der Waals surface area (Å²) in [7, 11) is -3.63. The van der Waals surface area contributed by atoms with Gasteiger partial charge in [0.25, 0.3) is 5.91 Å². The van der Waals surface area contributed by atoms with E-state index < -0.39 is 33.0 Å². The first-order valence-corrected chi connectivity index (χ1v) is 10.2. The topological polar surface area (TPSA) is 89.0 Å². The summed E-state index contributed by atoms with van der Waals surface area (Å²) in [4.78, 5) is 12.1. The molecule has 142 valence electrons. The van der Waals surface area contributed by atoms with Gasteiger partial charge in [-0.05, 0) is 18.6 Å². The maximum absolute atomic E-state index is 13.0. The number of carbonyl (C=O) groups is 1. The van der Waals surface area contributed by atoms with E-state index in [-0.39, 0.29) is 15.2 Å². The third kappa shape index (κ3) is 5.01. The molecule has 0 aliphatic heterocycles. The van der Waals surface area contributed by atoms with E-state index in [1.54, 1.807) is 0 Å². The summed E-state index contributed by atoms with van der Waals surface area (Å²) in [6.07, 6.45) is -2.62. The van der Waals surface area contributed by atoms with Crippen molar-refractivity contribution in [2.45, 2.75) is 36.7 Å². The second kappa shape index (κ2) is 8.12. The fourth-order valence-electron chi connectivity index (χ4n) is 2.11. The van der Waals surface area contributed by atoms with E-state index in [4.69, 9.17) is 0 Å². The van der Waals surface area contributed by atoms with Crippen molar-refractivity contribution in [1.82, 2.24) is 10.2 Å². The highest BCUT2D eigenvalue weighted by Gasteiger charge is 2.35. The molecule has 1 amide bonds. The van der Waals surface area contributed by atoms with Gasteiger partial charge in [-0.15, -0.1) is 10.2 Å². The molecular weight excluding hydrogens is 391 g/mol. The summed E-state index contributed by atoms with van der Waals surface area (Å²) in [6.45, 7) is 1.93. The van der Waals surface area contributed by atoms with Gasteiger partial charge in [-0.1, -0.05) is 43.2 Å². The van der Waals surface area contributed by atoms with Crippen LogP contribution in [0.1, 0.15) is 42.1 Å². The van der Waals surface area contributed by atoms with E-state index in [0.717, 1.165) is 25.0 Å². The Morgan fingerprint density at radius 3 is 2.54 bits per heavy atom. The molecule has 0 aliphatic rings. The first kappa shape index (κ1) is 20.3. The third-order valence-electron chi connectivity index (χ3n) is 3.39. The van der Waals surface area contributed by atoms with Crippen molar-refractivity contribution in [3.8, 4) is 0 Å². The third-order valence-corrected chi connectivity index (χ3v) is 6.47. The van der Waals surface area contributed by atoms with E-state index in [0.29, 0.717) is 17.8 Å². The smallest absolute Gasteiger partial charge is 0.296 e. The van der Waals surface area contributed by atoms with Crippen molar-refractivity contribution in [1.29, 1.82) is 0 Å². The number of nitrogens with zero attached hydrogens (tertiary/aromatic N) is 2. The molecule has 0 spiro atoms. The molecule has 0 aliphatic carbocycles. The number of nitrogens with one attached hydrogen (secondary N) is 1. The molecule has 0 unspecified atom stereocenters. The van der Waals surface area contributed by atoms with E-state index >= 15 is 0 Å². The number of unbranched alkanes of at least 4 members (excludes halogenated alkanes) is 2. The monoisotopic (exact) mass is 407 g/mol. The number of halogens is 3. The number of aromatic nitrogens is 2. The first-order valence-electron chi connectivity index (χ1n) is 7.69. The summed E-state index contributed by atoms with van der Waals surface area (Å²) in [6, 6.07) is 4.29. The van der Waals surface area contributed by atoms with Crippen LogP contribution in [0.3, 0.4) is 0 Å². The lowest BCUT2D eigenvalue weighted by atomic mass is 10.1. The molecule has 1 N–H and O–H groups in total. The van der Waals surface area contributed by atoms with E-state index in [2.05, 4.69) is 15.5 Å². The standard InChI is InChI=1S/C15H16F3N3O3S2/c1-2-3-6-9-26(23,24)14-21-20-13(25-14)19-12(22)10-7-4-5-8-11(10)15(16,17)18/h4-5,7-8H,2-3,6,9H2,1H3,(H,19,20,22). The number of amides is 1. The summed E-state index contributed by atoms with van der Waals surface area (Å²) in [5.41, 5.74) is -1.67. The maximum Gasteiger partial charge on any atom is 0.417 e. The van der Waals surface area contributed by atoms with Crippen molar-refractivity contribution in [2.75, 3.05) is 11.1 Å². The van der Waals surface area contributed by atoms with Crippen LogP contribution in [0, 0.1) is 0 Å². The van der Waals surface area contributed by atoms with Crippen LogP contribution in [-0.4, -0.2) is 30.3 Å². The molecule has 0 radical (unpaired) electrons. The Morgan fingerprint density at radius 2 is 1.88 bits per heavy atom. The molecule has 1 heterocycles. The average Bonchev–Trinajstić information content (AvgIpc) is 3.03. The highest BCUT2D eigenvalue weighted by Crippen LogP contribution is 2.32. The lowest BCUT2D eigenvalue weighted by Crippen LogP contribution is -2.18. The van der Waals surface area contributed by atoms with Crippen LogP contribution >= 0.6 is 11.3 Å². The fraction of sp³-hybridized carbons (Fsp3) is 0.400. The predicted molar refractivity (Wildman–Crippen MR) is 90.9 cm³/mol. The van der Waals surface area contributed by atoms with Gasteiger partial charge in [0.2, 0.25) is 19.3 Å². The fourth-order valence-corrected chi connectivity index (χ4v) is 4.50. The zero-order valence-electron chi connectivity index (χ0n) is 13.7. The normalized spacial score (nSPS) is 12.2. The second-order valence-corrected chi connectivity index (χ2v) is 8.66. The van der Waals surface area contributed by atoms with E-state index in [9.17, 15) is 26.4 Å². The number of rotatable bonds is 7. The minimum Gasteiger partial charge on any atom is -0.296 e. The molecule has 1 aromatic carbocycles. The molecular formula is C15H16F3N3O3S2. The number of anilines is 1. The van der Waals surface area contributed by atoms with Crippen LogP contribution in [0.5, 0.6) is 0 Å². The SMILES string of the molecule is CCCCCS(=O)(=O)c1nnc(NC(=O)c2ccccc2C(F)(F)F)s1. The molecule has 2 rings (SSSR count). The minimum atomic E-state index is -4.69. The molecule has 0 atom stereocenters. The van der Waals surface area contributed by atoms with Gasteiger partial charge in [0.1, 0.15) is 0 Å². The van der Waals surface area contributed by atoms with Gasteiger partial charge in [-0.25, -0.2) is 8.42 Å². The predicted octanol–water partition coefficient (Wildman–Crippen LogP) is 3.77. The van der Waals surface area contributed by atoms with Crippen LogP contribution in [0.2, 0.25) is 0 Å². The Balaban J connectivity index is 2.16. The van der Waals surface area contributed by atoms with Crippen molar-refractivity contribution in [3.05, 3.63) is 35.4 Å². The zero-order valence-corrected chi connectivity index (χ0v) is 15.3. The Kier molecular flexibility index (Phi) is 6.34. The van der Waals surface area contributed by atoms with Gasteiger partial charge in [-0.2, -0.15) is 13.2 Å². The molecule has 11 heteroatoms. The van der Waals surface area contributed by atoms with Crippen LogP contribution in [-0.2, 0) is 16.0 Å². The summed E-state index contributed by atoms with van der Waals surface area (Å²) in [5, 5.41) is 9.06. The summed E-state index contributed by atoms with van der Waals surface area (Å²) in [5.74, 6) is -1.13. The summed E-state index contributed by atoms with van der Waals surface area (Å²) < 4.78 is 62.9. The number of hydrogen-bond donors (Lipinski definition) is 1. The van der Waals surface area contributed by atoms with Gasteiger partial charge in [0, 0.05) is 0 Å². The summed E-state index contributed by atoms with van der Waals surface area (Å²) >= 11 is 0.611. The Bertz CT molecular complexity index is 880. The van der Waals surface area contributed by atoms with Crippen molar-refractivity contribution in [2.24, 2.45) is 0 Å². The molecule has 6 nitrogen and oxygen atoms in total. The van der Waals surface area contributed by atoms with Gasteiger partial charge >= 0.3 is 6.18 Å². The highest BCUT2D eigenvalue weighted by molar-refractivity contribution is 7.93. The zero-order chi connectivity index (χ0) is 19.4. The average molecular weight is 407 g/mol. The largest absolute Gasteiger partial charge is 0.417 e. The maximum atomic E-state index is 13.0. The number of benzene rings is 1. The Morgan fingerprint density at radius 1 is 1.19 bits per heavy atom. The van der Waals surface area contributed by atoms with E-state index in [1.165, 1.54) is 12.1 Å². The minimum absolute atomic E-state index is 0.0969. The van der Waals surface area contributed by atoms with Crippen LogP contribution < -0.4 is 5.32 Å². The van der Waals surface area contributed by atoms with Gasteiger partial charge < -0.3 is 0 Å². The van der Waals surface area contributed by atoms with Crippen LogP contribution in [0.25, 0.3) is 0 Å². The number of hydrogen-bond acceptors (Lipinski definition) is 6. The molecule has 0 saturated carbocycles. The van der Waals surface area contributed by atoms with E-state index in [1.807, 2.05) is 6.92 Å². The quantitative estimate of drug-likeness (QED) is 0.557. The van der Waals surface area contributed by atoms with Crippen LogP contribution in [0.4, 0.5) is 18.3 Å². The number of sulfone groups is 1. The van der Waals surface area contributed by atoms with Crippen molar-refractivity contribution >= 4 is 32.2 Å². The lowest BCUT2D eigenvalue weighted by molar-refractivity contribution is -0.137. The van der Waals surface area contributed by atoms with Crippen molar-refractivity contribution in [3.63, 3.8) is 0 Å². The molecule has 2 aromatic rings. The lowest BCUT2D eigenvalue weighted by Gasteiger charge is -2.11. The molecule has 0 bridgehead atoms. The molecule has 0 fully saturated rings. The van der Waals surface area contributed by atoms with Gasteiger partial charge in [0.15, 0.2) is 0 Å². The highest BCUT2D eigenvalue weighted by atomic mass is 32.2. The second-order valence-electron chi connectivity index (χ2n) is 5.40. The molecule has 1 aromatic heterocycles. The molecule has 26 heavy (non-hydrogen) atoms. The first-order chi connectivity index (χ1) is 12.1. The van der Waals surface area contributed by atoms with Gasteiger partial charge in [0.05, 0.1) is 16.9 Å². The number of carbonyl (C=O) groups excluding carboxylic acids is 1. The Hall–Kier alpha value is -2.01. The van der Waals surface area contributed by atoms with Crippen LogP contribution in [0.15, 0.2) is 28.6 Å². The number of alkyl halides is 3. The van der Waals surface area contributed by atoms with Crippen molar-refractivity contribution < 1.29 is 26.4 Å².